The maximum Gasteiger partial charge on any atom is 0.148 e. The molecule has 3 atom stereocenters. The minimum atomic E-state index is 0.164. The van der Waals surface area contributed by atoms with Gasteiger partial charge in [0.15, 0.2) is 0 Å². The van der Waals surface area contributed by atoms with Gasteiger partial charge >= 0.3 is 0 Å². The lowest BCUT2D eigenvalue weighted by Crippen LogP contribution is -2.44. The smallest absolute Gasteiger partial charge is 0.148 e. The summed E-state index contributed by atoms with van der Waals surface area (Å²) in [6, 6.07) is 0.164. The number of ketones is 1. The van der Waals surface area contributed by atoms with Gasteiger partial charge in [-0.05, 0) is 32.9 Å². The first-order chi connectivity index (χ1) is 6.16. The fourth-order valence-corrected chi connectivity index (χ4v) is 2.61. The van der Waals surface area contributed by atoms with Gasteiger partial charge in [0.25, 0.3) is 0 Å². The van der Waals surface area contributed by atoms with Crippen LogP contribution in [0.3, 0.4) is 0 Å². The van der Waals surface area contributed by atoms with Crippen molar-refractivity contribution in [1.29, 1.82) is 0 Å². The molecular weight excluding hydrogens is 164 g/mol. The van der Waals surface area contributed by atoms with E-state index in [9.17, 15) is 4.79 Å². The summed E-state index contributed by atoms with van der Waals surface area (Å²) in [4.78, 5) is 16.1. The van der Waals surface area contributed by atoms with Gasteiger partial charge in [0, 0.05) is 19.6 Å². The highest BCUT2D eigenvalue weighted by atomic mass is 16.1. The van der Waals surface area contributed by atoms with Crippen LogP contribution in [0.25, 0.3) is 0 Å². The number of Topliss-reactive ketones (excluding diaryl/α,β-unsaturated/α-hetero) is 1. The Morgan fingerprint density at radius 1 is 1.31 bits per heavy atom. The Hall–Kier alpha value is -0.410. The predicted octanol–water partition coefficient (Wildman–Crippen LogP) is 0.211. The van der Waals surface area contributed by atoms with Gasteiger partial charge in [0.2, 0.25) is 0 Å². The number of likely N-dealkylation sites (N-methyl/N-ethyl adjacent to an activating group) is 1. The van der Waals surface area contributed by atoms with E-state index in [0.29, 0.717) is 5.78 Å². The third kappa shape index (κ3) is 1.76. The number of hydrogen-bond donors (Lipinski definition) is 0. The SMILES string of the molecule is CC(=O)C1CN(C)CC2CCN1C2. The minimum absolute atomic E-state index is 0.164. The number of fused-ring (bicyclic) bond motifs is 2. The second kappa shape index (κ2) is 3.39. The Kier molecular flexibility index (Phi) is 2.39. The molecule has 0 amide bonds. The number of carbonyl (C=O) groups is 1. The second-order valence-corrected chi connectivity index (χ2v) is 4.50. The molecule has 0 aromatic carbocycles. The van der Waals surface area contributed by atoms with E-state index in [0.717, 1.165) is 25.6 Å². The Balaban J connectivity index is 2.12. The van der Waals surface area contributed by atoms with Crippen molar-refractivity contribution in [3.05, 3.63) is 0 Å². The molecule has 2 heterocycles. The van der Waals surface area contributed by atoms with Crippen molar-refractivity contribution in [2.45, 2.75) is 19.4 Å². The largest absolute Gasteiger partial charge is 0.304 e. The van der Waals surface area contributed by atoms with Gasteiger partial charge in [-0.3, -0.25) is 9.69 Å². The van der Waals surface area contributed by atoms with Crippen molar-refractivity contribution >= 4 is 5.78 Å². The first kappa shape index (κ1) is 9.16. The van der Waals surface area contributed by atoms with Crippen molar-refractivity contribution in [2.24, 2.45) is 5.92 Å². The fourth-order valence-electron chi connectivity index (χ4n) is 2.61. The van der Waals surface area contributed by atoms with Crippen molar-refractivity contribution in [1.82, 2.24) is 9.80 Å². The van der Waals surface area contributed by atoms with Gasteiger partial charge in [0.05, 0.1) is 6.04 Å². The molecule has 2 rings (SSSR count). The molecular formula is C10H18N2O. The third-order valence-electron chi connectivity index (χ3n) is 3.28. The van der Waals surface area contributed by atoms with E-state index in [4.69, 9.17) is 0 Å². The third-order valence-corrected chi connectivity index (χ3v) is 3.28. The molecule has 2 aliphatic heterocycles. The summed E-state index contributed by atoms with van der Waals surface area (Å²) in [5.74, 6) is 1.13. The topological polar surface area (TPSA) is 23.6 Å². The Labute approximate surface area is 79.7 Å². The van der Waals surface area contributed by atoms with Crippen molar-refractivity contribution < 1.29 is 4.79 Å². The molecule has 3 nitrogen and oxygen atoms in total. The van der Waals surface area contributed by atoms with Crippen LogP contribution in [0.2, 0.25) is 0 Å². The summed E-state index contributed by atoms with van der Waals surface area (Å²) < 4.78 is 0. The van der Waals surface area contributed by atoms with Gasteiger partial charge in [-0.25, -0.2) is 0 Å². The van der Waals surface area contributed by atoms with Crippen LogP contribution in [-0.4, -0.2) is 54.9 Å². The van der Waals surface area contributed by atoms with Gasteiger partial charge in [-0.2, -0.15) is 0 Å². The zero-order valence-electron chi connectivity index (χ0n) is 8.49. The lowest BCUT2D eigenvalue weighted by Gasteiger charge is -2.27. The molecule has 0 N–H and O–H groups in total. The van der Waals surface area contributed by atoms with Crippen molar-refractivity contribution in [2.75, 3.05) is 33.2 Å². The van der Waals surface area contributed by atoms with Crippen LogP contribution in [0.15, 0.2) is 0 Å². The molecule has 2 bridgehead atoms. The van der Waals surface area contributed by atoms with Crippen molar-refractivity contribution in [3.8, 4) is 0 Å². The number of carbonyl (C=O) groups excluding carboxylic acids is 1. The van der Waals surface area contributed by atoms with Crippen LogP contribution >= 0.6 is 0 Å². The molecule has 2 aliphatic rings. The molecule has 3 unspecified atom stereocenters. The summed E-state index contributed by atoms with van der Waals surface area (Å²) in [7, 11) is 2.12. The number of hydrogen-bond acceptors (Lipinski definition) is 3. The highest BCUT2D eigenvalue weighted by Gasteiger charge is 2.35. The predicted molar refractivity (Wildman–Crippen MR) is 51.6 cm³/mol. The van der Waals surface area contributed by atoms with Crippen LogP contribution in [0.5, 0.6) is 0 Å². The van der Waals surface area contributed by atoms with Gasteiger partial charge in [0.1, 0.15) is 5.78 Å². The summed E-state index contributed by atoms with van der Waals surface area (Å²) >= 11 is 0. The molecule has 2 saturated heterocycles. The van der Waals surface area contributed by atoms with Crippen LogP contribution in [0.4, 0.5) is 0 Å². The maximum absolute atomic E-state index is 11.4. The lowest BCUT2D eigenvalue weighted by atomic mass is 10.1. The van der Waals surface area contributed by atoms with E-state index in [1.807, 2.05) is 0 Å². The zero-order valence-corrected chi connectivity index (χ0v) is 8.49. The van der Waals surface area contributed by atoms with E-state index < -0.39 is 0 Å². The van der Waals surface area contributed by atoms with E-state index >= 15 is 0 Å². The standard InChI is InChI=1S/C10H18N2O/c1-8(13)10-7-11(2)5-9-3-4-12(10)6-9/h9-10H,3-7H2,1-2H3. The number of rotatable bonds is 1. The fraction of sp³-hybridized carbons (Fsp3) is 0.900. The zero-order chi connectivity index (χ0) is 9.42. The Morgan fingerprint density at radius 3 is 2.77 bits per heavy atom. The van der Waals surface area contributed by atoms with Gasteiger partial charge < -0.3 is 4.90 Å². The monoisotopic (exact) mass is 182 g/mol. The molecule has 0 aliphatic carbocycles. The first-order valence-corrected chi connectivity index (χ1v) is 5.10. The van der Waals surface area contributed by atoms with Crippen molar-refractivity contribution in [3.63, 3.8) is 0 Å². The maximum atomic E-state index is 11.4. The summed E-state index contributed by atoms with van der Waals surface area (Å²) in [5.41, 5.74) is 0. The molecule has 13 heavy (non-hydrogen) atoms. The van der Waals surface area contributed by atoms with Gasteiger partial charge in [-0.15, -0.1) is 0 Å². The minimum Gasteiger partial charge on any atom is -0.304 e. The molecule has 0 radical (unpaired) electrons. The van der Waals surface area contributed by atoms with E-state index in [2.05, 4.69) is 16.8 Å². The average Bonchev–Trinajstić information content (AvgIpc) is 2.39. The summed E-state index contributed by atoms with van der Waals surface area (Å²) in [6.45, 7) is 6.07. The number of nitrogens with zero attached hydrogens (tertiary/aromatic N) is 2. The highest BCUT2D eigenvalue weighted by Crippen LogP contribution is 2.23. The second-order valence-electron chi connectivity index (χ2n) is 4.50. The van der Waals surface area contributed by atoms with E-state index in [1.165, 1.54) is 13.0 Å². The molecule has 0 aromatic rings. The van der Waals surface area contributed by atoms with E-state index in [-0.39, 0.29) is 6.04 Å². The summed E-state index contributed by atoms with van der Waals surface area (Å²) in [6.07, 6.45) is 1.27. The van der Waals surface area contributed by atoms with Crippen LogP contribution < -0.4 is 0 Å². The first-order valence-electron chi connectivity index (χ1n) is 5.10. The van der Waals surface area contributed by atoms with Crippen LogP contribution in [0.1, 0.15) is 13.3 Å². The average molecular weight is 182 g/mol. The molecule has 0 aromatic heterocycles. The van der Waals surface area contributed by atoms with E-state index in [1.54, 1.807) is 6.92 Å². The molecule has 74 valence electrons. The molecule has 0 spiro atoms. The Bertz CT molecular complexity index is 217. The molecule has 0 saturated carbocycles. The van der Waals surface area contributed by atoms with Gasteiger partial charge in [-0.1, -0.05) is 0 Å². The molecule has 2 fully saturated rings. The van der Waals surface area contributed by atoms with Crippen LogP contribution in [0, 0.1) is 5.92 Å². The Morgan fingerprint density at radius 2 is 2.08 bits per heavy atom. The highest BCUT2D eigenvalue weighted by molar-refractivity contribution is 5.81. The van der Waals surface area contributed by atoms with Crippen LogP contribution in [-0.2, 0) is 4.79 Å². The molecule has 3 heteroatoms. The lowest BCUT2D eigenvalue weighted by molar-refractivity contribution is -0.122. The normalized spacial score (nSPS) is 40.3. The summed E-state index contributed by atoms with van der Waals surface area (Å²) in [5, 5.41) is 0. The quantitative estimate of drug-likeness (QED) is 0.579.